The lowest BCUT2D eigenvalue weighted by atomic mass is 10.1. The zero-order valence-electron chi connectivity index (χ0n) is 17.9. The first-order valence-corrected chi connectivity index (χ1v) is 9.44. The molecule has 0 heterocycles. The summed E-state index contributed by atoms with van der Waals surface area (Å²) >= 11 is 0. The average molecular weight is 513 g/mol. The molecule has 0 aromatic heterocycles. The molecule has 2 aromatic rings. The summed E-state index contributed by atoms with van der Waals surface area (Å²) in [7, 11) is 7.02. The lowest BCUT2D eigenvalue weighted by Gasteiger charge is -2.22. The van der Waals surface area contributed by atoms with Gasteiger partial charge in [-0.15, -0.1) is 24.0 Å². The highest BCUT2D eigenvalue weighted by Gasteiger charge is 2.08. The average Bonchev–Trinajstić information content (AvgIpc) is 2.74. The van der Waals surface area contributed by atoms with Crippen LogP contribution in [0.25, 0.3) is 0 Å². The van der Waals surface area contributed by atoms with Crippen molar-refractivity contribution < 1.29 is 14.2 Å². The second kappa shape index (κ2) is 13.1. The van der Waals surface area contributed by atoms with Crippen LogP contribution in [-0.4, -0.2) is 52.3 Å². The van der Waals surface area contributed by atoms with Gasteiger partial charge in [-0.3, -0.25) is 0 Å². The van der Waals surface area contributed by atoms with Gasteiger partial charge >= 0.3 is 0 Å². The second-order valence-electron chi connectivity index (χ2n) is 6.38. The fraction of sp³-hybridized carbons (Fsp3) is 0.409. The summed E-state index contributed by atoms with van der Waals surface area (Å²) in [5.41, 5.74) is 2.33. The number of likely N-dealkylation sites (N-methyl/N-ethyl adjacent to an activating group) is 1. The lowest BCUT2D eigenvalue weighted by Crippen LogP contribution is -2.39. The molecule has 6 nitrogen and oxygen atoms in total. The molecule has 0 saturated carbocycles. The van der Waals surface area contributed by atoms with Gasteiger partial charge in [-0.1, -0.05) is 18.2 Å². The maximum absolute atomic E-state index is 5.39. The van der Waals surface area contributed by atoms with Crippen molar-refractivity contribution in [3.05, 3.63) is 53.6 Å². The van der Waals surface area contributed by atoms with Gasteiger partial charge in [0.25, 0.3) is 0 Å². The van der Waals surface area contributed by atoms with Crippen molar-refractivity contribution >= 4 is 29.9 Å². The van der Waals surface area contributed by atoms with Gasteiger partial charge in [0.1, 0.15) is 5.75 Å². The van der Waals surface area contributed by atoms with Crippen LogP contribution in [-0.2, 0) is 13.0 Å². The smallest absolute Gasteiger partial charge is 0.193 e. The van der Waals surface area contributed by atoms with E-state index in [1.54, 1.807) is 21.3 Å². The maximum atomic E-state index is 5.39. The first-order chi connectivity index (χ1) is 13.6. The molecule has 0 amide bonds. The monoisotopic (exact) mass is 513 g/mol. The minimum absolute atomic E-state index is 0. The van der Waals surface area contributed by atoms with Crippen LogP contribution in [0.1, 0.15) is 18.1 Å². The van der Waals surface area contributed by atoms with E-state index in [1.165, 1.54) is 5.56 Å². The molecular formula is C22H32IN3O3. The third kappa shape index (κ3) is 7.64. The fourth-order valence-corrected chi connectivity index (χ4v) is 2.81. The van der Waals surface area contributed by atoms with Crippen LogP contribution in [0.15, 0.2) is 47.5 Å². The van der Waals surface area contributed by atoms with Gasteiger partial charge in [-0.25, -0.2) is 4.99 Å². The van der Waals surface area contributed by atoms with Crippen LogP contribution < -0.4 is 19.5 Å². The Hall–Kier alpha value is -2.16. The van der Waals surface area contributed by atoms with Crippen LogP contribution >= 0.6 is 24.0 Å². The summed E-state index contributed by atoms with van der Waals surface area (Å²) in [6.45, 7) is 4.35. The highest BCUT2D eigenvalue weighted by Crippen LogP contribution is 2.27. The Bertz CT molecular complexity index is 766. The number of benzene rings is 2. The van der Waals surface area contributed by atoms with E-state index in [9.17, 15) is 0 Å². The number of halogens is 1. The van der Waals surface area contributed by atoms with E-state index >= 15 is 0 Å². The first-order valence-electron chi connectivity index (χ1n) is 9.44. The molecule has 2 aromatic carbocycles. The van der Waals surface area contributed by atoms with Gasteiger partial charge in [0, 0.05) is 20.1 Å². The summed E-state index contributed by atoms with van der Waals surface area (Å²) < 4.78 is 15.9. The summed E-state index contributed by atoms with van der Waals surface area (Å²) in [6, 6.07) is 14.0. The zero-order valence-corrected chi connectivity index (χ0v) is 20.2. The number of ether oxygens (including phenoxy) is 3. The zero-order chi connectivity index (χ0) is 20.4. The maximum Gasteiger partial charge on any atom is 0.193 e. The van der Waals surface area contributed by atoms with Crippen molar-refractivity contribution in [1.29, 1.82) is 0 Å². The van der Waals surface area contributed by atoms with Crippen LogP contribution in [0, 0.1) is 0 Å². The van der Waals surface area contributed by atoms with Crippen LogP contribution in [0.2, 0.25) is 0 Å². The molecular weight excluding hydrogens is 481 g/mol. The molecule has 2 rings (SSSR count). The van der Waals surface area contributed by atoms with Crippen LogP contribution in [0.3, 0.4) is 0 Å². The molecule has 29 heavy (non-hydrogen) atoms. The Kier molecular flexibility index (Phi) is 11.3. The van der Waals surface area contributed by atoms with Crippen molar-refractivity contribution in [2.75, 3.05) is 41.5 Å². The SMILES string of the molecule is CCNC(=NCc1ccc(OC)cc1)N(C)CCc1ccc(OC)c(OC)c1.I. The second-order valence-corrected chi connectivity index (χ2v) is 6.38. The number of hydrogen-bond acceptors (Lipinski definition) is 4. The molecule has 7 heteroatoms. The summed E-state index contributed by atoms with van der Waals surface area (Å²) in [4.78, 5) is 6.90. The van der Waals surface area contributed by atoms with Gasteiger partial charge in [-0.2, -0.15) is 0 Å². The largest absolute Gasteiger partial charge is 0.497 e. The minimum Gasteiger partial charge on any atom is -0.497 e. The quantitative estimate of drug-likeness (QED) is 0.313. The molecule has 1 N–H and O–H groups in total. The number of rotatable bonds is 9. The Balaban J connectivity index is 0.00000420. The molecule has 0 saturated heterocycles. The number of hydrogen-bond donors (Lipinski definition) is 1. The Morgan fingerprint density at radius 1 is 0.931 bits per heavy atom. The topological polar surface area (TPSA) is 55.3 Å². The van der Waals surface area contributed by atoms with Crippen LogP contribution in [0.5, 0.6) is 17.2 Å². The molecule has 0 aliphatic rings. The molecule has 0 aliphatic heterocycles. The minimum atomic E-state index is 0. The summed E-state index contributed by atoms with van der Waals surface area (Å²) in [5, 5.41) is 3.36. The molecule has 0 unspecified atom stereocenters. The standard InChI is InChI=1S/C22H31N3O3.HI/c1-6-23-22(24-16-18-7-10-19(26-3)11-8-18)25(2)14-13-17-9-12-20(27-4)21(15-17)28-5;/h7-12,15H,6,13-14,16H2,1-5H3,(H,23,24);1H. The van der Waals surface area contributed by atoms with E-state index in [2.05, 4.69) is 30.3 Å². The molecule has 0 spiro atoms. The van der Waals surface area contributed by atoms with E-state index in [-0.39, 0.29) is 24.0 Å². The van der Waals surface area contributed by atoms with Crippen molar-refractivity contribution in [3.63, 3.8) is 0 Å². The molecule has 0 aliphatic carbocycles. The number of methoxy groups -OCH3 is 3. The molecule has 0 atom stereocenters. The van der Waals surface area contributed by atoms with E-state index in [0.717, 1.165) is 48.3 Å². The Morgan fingerprint density at radius 2 is 1.59 bits per heavy atom. The Morgan fingerprint density at radius 3 is 2.17 bits per heavy atom. The Labute approximate surface area is 191 Å². The number of nitrogens with zero attached hydrogens (tertiary/aromatic N) is 2. The van der Waals surface area contributed by atoms with Gasteiger partial charge < -0.3 is 24.4 Å². The van der Waals surface area contributed by atoms with E-state index < -0.39 is 0 Å². The summed E-state index contributed by atoms with van der Waals surface area (Å²) in [5.74, 6) is 3.24. The molecule has 0 fully saturated rings. The third-order valence-corrected chi connectivity index (χ3v) is 4.45. The third-order valence-electron chi connectivity index (χ3n) is 4.45. The van der Waals surface area contributed by atoms with E-state index in [4.69, 9.17) is 19.2 Å². The van der Waals surface area contributed by atoms with Gasteiger partial charge in [-0.05, 0) is 48.7 Å². The fourth-order valence-electron chi connectivity index (χ4n) is 2.81. The predicted molar refractivity (Wildman–Crippen MR) is 129 cm³/mol. The number of aliphatic imine (C=N–C) groups is 1. The van der Waals surface area contributed by atoms with Gasteiger partial charge in [0.2, 0.25) is 0 Å². The van der Waals surface area contributed by atoms with Crippen LogP contribution in [0.4, 0.5) is 0 Å². The predicted octanol–water partition coefficient (Wildman–Crippen LogP) is 3.97. The number of guanidine groups is 1. The molecule has 0 radical (unpaired) electrons. The van der Waals surface area contributed by atoms with Crippen molar-refractivity contribution in [1.82, 2.24) is 10.2 Å². The number of nitrogens with one attached hydrogen (secondary N) is 1. The molecule has 0 bridgehead atoms. The highest BCUT2D eigenvalue weighted by molar-refractivity contribution is 14.0. The van der Waals surface area contributed by atoms with Gasteiger partial charge in [0.05, 0.1) is 27.9 Å². The highest BCUT2D eigenvalue weighted by atomic mass is 127. The first kappa shape index (κ1) is 24.9. The van der Waals surface area contributed by atoms with E-state index in [0.29, 0.717) is 6.54 Å². The molecule has 160 valence electrons. The van der Waals surface area contributed by atoms with Crippen molar-refractivity contribution in [3.8, 4) is 17.2 Å². The lowest BCUT2D eigenvalue weighted by molar-refractivity contribution is 0.354. The van der Waals surface area contributed by atoms with Gasteiger partial charge in [0.15, 0.2) is 17.5 Å². The summed E-state index contributed by atoms with van der Waals surface area (Å²) in [6.07, 6.45) is 0.879. The van der Waals surface area contributed by atoms with E-state index in [1.807, 2.05) is 36.4 Å². The van der Waals surface area contributed by atoms with Crippen molar-refractivity contribution in [2.24, 2.45) is 4.99 Å². The van der Waals surface area contributed by atoms with Crippen molar-refractivity contribution in [2.45, 2.75) is 19.9 Å². The normalized spacial score (nSPS) is 10.7.